The molecular formula is C19H26BrNO4. The summed E-state index contributed by atoms with van der Waals surface area (Å²) in [6.07, 6.45) is 1.27. The van der Waals surface area contributed by atoms with Crippen molar-refractivity contribution in [2.24, 2.45) is 0 Å². The number of likely N-dealkylation sites (tertiary alicyclic amines) is 1. The van der Waals surface area contributed by atoms with E-state index in [1.807, 2.05) is 45.0 Å². The Balaban J connectivity index is 2.34. The lowest BCUT2D eigenvalue weighted by Crippen LogP contribution is -2.56. The Morgan fingerprint density at radius 1 is 1.24 bits per heavy atom. The van der Waals surface area contributed by atoms with Crippen molar-refractivity contribution < 1.29 is 19.1 Å². The molecule has 1 atom stereocenters. The van der Waals surface area contributed by atoms with Crippen molar-refractivity contribution in [2.45, 2.75) is 58.1 Å². The average Bonchev–Trinajstić information content (AvgIpc) is 2.93. The summed E-state index contributed by atoms with van der Waals surface area (Å²) in [6, 6.07) is 7.77. The van der Waals surface area contributed by atoms with E-state index >= 15 is 0 Å². The van der Waals surface area contributed by atoms with Gasteiger partial charge in [-0.3, -0.25) is 4.90 Å². The van der Waals surface area contributed by atoms with E-state index < -0.39 is 17.2 Å². The van der Waals surface area contributed by atoms with Crippen LogP contribution in [0.3, 0.4) is 0 Å². The maximum Gasteiger partial charge on any atom is 0.411 e. The number of esters is 1. The van der Waals surface area contributed by atoms with Gasteiger partial charge in [-0.2, -0.15) is 0 Å². The van der Waals surface area contributed by atoms with Crippen LogP contribution in [0.1, 0.15) is 46.1 Å². The number of hydrogen-bond donors (Lipinski definition) is 0. The van der Waals surface area contributed by atoms with Crippen LogP contribution in [0, 0.1) is 0 Å². The van der Waals surface area contributed by atoms with E-state index in [0.717, 1.165) is 16.5 Å². The molecule has 0 radical (unpaired) electrons. The molecule has 138 valence electrons. The number of nitrogens with zero attached hydrogens (tertiary/aromatic N) is 1. The fourth-order valence-corrected chi connectivity index (χ4v) is 3.40. The molecule has 0 aromatic heterocycles. The van der Waals surface area contributed by atoms with E-state index in [9.17, 15) is 9.59 Å². The van der Waals surface area contributed by atoms with Crippen molar-refractivity contribution in [3.8, 4) is 0 Å². The van der Waals surface area contributed by atoms with Gasteiger partial charge in [-0.25, -0.2) is 9.59 Å². The first-order chi connectivity index (χ1) is 11.7. The second-order valence-electron chi connectivity index (χ2n) is 7.29. The Hall–Kier alpha value is -1.56. The summed E-state index contributed by atoms with van der Waals surface area (Å²) in [5.41, 5.74) is -0.643. The predicted octanol–water partition coefficient (Wildman–Crippen LogP) is 4.32. The van der Waals surface area contributed by atoms with Gasteiger partial charge in [0.25, 0.3) is 0 Å². The van der Waals surface area contributed by atoms with Gasteiger partial charge in [0.2, 0.25) is 0 Å². The van der Waals surface area contributed by atoms with Gasteiger partial charge < -0.3 is 9.47 Å². The molecule has 1 saturated heterocycles. The van der Waals surface area contributed by atoms with Gasteiger partial charge in [-0.05, 0) is 58.2 Å². The summed E-state index contributed by atoms with van der Waals surface area (Å²) in [7, 11) is 0. The van der Waals surface area contributed by atoms with E-state index in [1.165, 1.54) is 0 Å². The van der Waals surface area contributed by atoms with Crippen LogP contribution in [0.15, 0.2) is 28.7 Å². The number of halogens is 1. The monoisotopic (exact) mass is 411 g/mol. The maximum atomic E-state index is 12.8. The molecule has 0 aliphatic carbocycles. The number of amides is 1. The summed E-state index contributed by atoms with van der Waals surface area (Å²) < 4.78 is 11.8. The molecule has 1 amide bonds. The molecule has 0 spiro atoms. The number of rotatable bonds is 4. The summed E-state index contributed by atoms with van der Waals surface area (Å²) in [4.78, 5) is 27.1. The molecule has 1 aromatic carbocycles. The number of carbonyl (C=O) groups is 2. The standard InChI is InChI=1S/C19H26BrNO4/c1-5-24-16(22)19(13-14-7-9-15(20)10-8-14)11-6-12-21(19)17(23)25-18(2,3)4/h7-10H,5-6,11-13H2,1-4H3/t19-/m1/s1. The fourth-order valence-electron chi connectivity index (χ4n) is 3.14. The van der Waals surface area contributed by atoms with E-state index in [-0.39, 0.29) is 12.6 Å². The smallest absolute Gasteiger partial charge is 0.411 e. The maximum absolute atomic E-state index is 12.8. The highest BCUT2D eigenvalue weighted by Gasteiger charge is 2.52. The van der Waals surface area contributed by atoms with E-state index in [2.05, 4.69) is 15.9 Å². The average molecular weight is 412 g/mol. The van der Waals surface area contributed by atoms with Gasteiger partial charge in [-0.15, -0.1) is 0 Å². The minimum Gasteiger partial charge on any atom is -0.464 e. The minimum absolute atomic E-state index is 0.281. The molecule has 1 aromatic rings. The molecular weight excluding hydrogens is 386 g/mol. The summed E-state index contributed by atoms with van der Waals surface area (Å²) in [6.45, 7) is 8.01. The number of ether oxygens (including phenoxy) is 2. The molecule has 1 heterocycles. The third-order valence-corrected chi connectivity index (χ3v) is 4.70. The Kier molecular flexibility index (Phi) is 6.14. The Labute approximate surface area is 157 Å². The lowest BCUT2D eigenvalue weighted by atomic mass is 9.88. The van der Waals surface area contributed by atoms with Crippen LogP contribution >= 0.6 is 15.9 Å². The van der Waals surface area contributed by atoms with E-state index in [1.54, 1.807) is 11.8 Å². The molecule has 1 aliphatic heterocycles. The van der Waals surface area contributed by atoms with Crippen LogP contribution in [0.25, 0.3) is 0 Å². The first kappa shape index (κ1) is 19.8. The zero-order valence-corrected chi connectivity index (χ0v) is 16.9. The zero-order chi connectivity index (χ0) is 18.7. The highest BCUT2D eigenvalue weighted by molar-refractivity contribution is 9.10. The Morgan fingerprint density at radius 3 is 2.44 bits per heavy atom. The van der Waals surface area contributed by atoms with E-state index in [0.29, 0.717) is 19.4 Å². The Morgan fingerprint density at radius 2 is 1.88 bits per heavy atom. The highest BCUT2D eigenvalue weighted by Crippen LogP contribution is 2.35. The molecule has 1 fully saturated rings. The molecule has 6 heteroatoms. The quantitative estimate of drug-likeness (QED) is 0.691. The topological polar surface area (TPSA) is 55.8 Å². The number of carbonyl (C=O) groups excluding carboxylic acids is 2. The first-order valence-electron chi connectivity index (χ1n) is 8.60. The summed E-state index contributed by atoms with van der Waals surface area (Å²) in [5, 5.41) is 0. The van der Waals surface area contributed by atoms with Gasteiger partial charge in [-0.1, -0.05) is 28.1 Å². The van der Waals surface area contributed by atoms with Gasteiger partial charge >= 0.3 is 12.1 Å². The van der Waals surface area contributed by atoms with Crippen molar-refractivity contribution in [1.29, 1.82) is 0 Å². The largest absolute Gasteiger partial charge is 0.464 e. The van der Waals surface area contributed by atoms with Gasteiger partial charge in [0.1, 0.15) is 11.1 Å². The first-order valence-corrected chi connectivity index (χ1v) is 9.39. The third kappa shape index (κ3) is 4.75. The molecule has 2 rings (SSSR count). The fraction of sp³-hybridized carbons (Fsp3) is 0.579. The zero-order valence-electron chi connectivity index (χ0n) is 15.3. The predicted molar refractivity (Wildman–Crippen MR) is 99.4 cm³/mol. The Bertz CT molecular complexity index is 623. The number of benzene rings is 1. The van der Waals surface area contributed by atoms with Gasteiger partial charge in [0, 0.05) is 17.4 Å². The SMILES string of the molecule is CCOC(=O)[C@]1(Cc2ccc(Br)cc2)CCCN1C(=O)OC(C)(C)C. The molecule has 0 bridgehead atoms. The van der Waals surface area contributed by atoms with Crippen LogP contribution in [0.4, 0.5) is 4.79 Å². The van der Waals surface area contributed by atoms with Crippen LogP contribution < -0.4 is 0 Å². The molecule has 0 N–H and O–H groups in total. The lowest BCUT2D eigenvalue weighted by Gasteiger charge is -2.37. The molecule has 0 saturated carbocycles. The van der Waals surface area contributed by atoms with Crippen molar-refractivity contribution >= 4 is 28.0 Å². The second kappa shape index (κ2) is 7.77. The third-order valence-electron chi connectivity index (χ3n) is 4.17. The summed E-state index contributed by atoms with van der Waals surface area (Å²) in [5.74, 6) is -0.360. The molecule has 5 nitrogen and oxygen atoms in total. The van der Waals surface area contributed by atoms with Crippen LogP contribution in [0.5, 0.6) is 0 Å². The second-order valence-corrected chi connectivity index (χ2v) is 8.21. The van der Waals surface area contributed by atoms with Crippen LogP contribution in [-0.2, 0) is 20.7 Å². The normalized spacial score (nSPS) is 20.4. The van der Waals surface area contributed by atoms with Gasteiger partial charge in [0.15, 0.2) is 0 Å². The lowest BCUT2D eigenvalue weighted by molar-refractivity contribution is -0.155. The van der Waals surface area contributed by atoms with Crippen molar-refractivity contribution in [3.63, 3.8) is 0 Å². The van der Waals surface area contributed by atoms with Crippen LogP contribution in [0.2, 0.25) is 0 Å². The molecule has 25 heavy (non-hydrogen) atoms. The highest BCUT2D eigenvalue weighted by atomic mass is 79.9. The molecule has 1 aliphatic rings. The van der Waals surface area contributed by atoms with Crippen LogP contribution in [-0.4, -0.2) is 41.3 Å². The van der Waals surface area contributed by atoms with Crippen molar-refractivity contribution in [2.75, 3.05) is 13.2 Å². The van der Waals surface area contributed by atoms with E-state index in [4.69, 9.17) is 9.47 Å². The van der Waals surface area contributed by atoms with Gasteiger partial charge in [0.05, 0.1) is 6.61 Å². The summed E-state index contributed by atoms with van der Waals surface area (Å²) >= 11 is 3.42. The number of hydrogen-bond acceptors (Lipinski definition) is 4. The van der Waals surface area contributed by atoms with Crippen molar-refractivity contribution in [3.05, 3.63) is 34.3 Å². The minimum atomic E-state index is -1.01. The van der Waals surface area contributed by atoms with Crippen molar-refractivity contribution in [1.82, 2.24) is 4.90 Å². The molecule has 0 unspecified atom stereocenters.